The summed E-state index contributed by atoms with van der Waals surface area (Å²) in [5.74, 6) is 0.277. The highest BCUT2D eigenvalue weighted by atomic mass is 32.2. The molecule has 1 aromatic carbocycles. The Bertz CT molecular complexity index is 734. The lowest BCUT2D eigenvalue weighted by atomic mass is 9.99. The van der Waals surface area contributed by atoms with Crippen molar-refractivity contribution in [2.24, 2.45) is 5.92 Å². The lowest BCUT2D eigenvalue weighted by molar-refractivity contribution is -0.137. The number of benzene rings is 1. The highest BCUT2D eigenvalue weighted by Crippen LogP contribution is 2.31. The van der Waals surface area contributed by atoms with Crippen LogP contribution in [0.3, 0.4) is 0 Å². The summed E-state index contributed by atoms with van der Waals surface area (Å²) in [5.41, 5.74) is -0.700. The maximum absolute atomic E-state index is 12.7. The van der Waals surface area contributed by atoms with Crippen molar-refractivity contribution >= 4 is 21.6 Å². The molecule has 0 spiro atoms. The third-order valence-corrected chi connectivity index (χ3v) is 5.97. The average Bonchev–Trinajstić information content (AvgIpc) is 2.64. The maximum atomic E-state index is 12.7. The number of unbranched alkanes of at least 4 members (excludes halogenated alkanes) is 1. The highest BCUT2D eigenvalue weighted by Gasteiger charge is 2.30. The third kappa shape index (κ3) is 9.06. The van der Waals surface area contributed by atoms with Gasteiger partial charge in [0, 0.05) is 19.5 Å². The number of nitrogens with zero attached hydrogens (tertiary/aromatic N) is 1. The Morgan fingerprint density at radius 1 is 1.14 bits per heavy atom. The molecule has 1 amide bonds. The zero-order valence-electron chi connectivity index (χ0n) is 17.3. The van der Waals surface area contributed by atoms with Crippen LogP contribution in [0.1, 0.15) is 57.9 Å². The van der Waals surface area contributed by atoms with E-state index in [2.05, 4.69) is 19.2 Å². The first-order chi connectivity index (χ1) is 13.5. The molecule has 0 bridgehead atoms. The zero-order valence-corrected chi connectivity index (χ0v) is 18.1. The van der Waals surface area contributed by atoms with Crippen molar-refractivity contribution in [2.75, 3.05) is 23.7 Å². The number of hydrogen-bond acceptors (Lipinski definition) is 3. The first-order valence-corrected chi connectivity index (χ1v) is 11.8. The molecule has 29 heavy (non-hydrogen) atoms. The Hall–Kier alpha value is -1.77. The number of rotatable bonds is 12. The van der Waals surface area contributed by atoms with Gasteiger partial charge < -0.3 is 5.32 Å². The molecule has 1 aromatic rings. The Labute approximate surface area is 171 Å². The molecule has 0 aliphatic carbocycles. The van der Waals surface area contributed by atoms with Gasteiger partial charge in [0.1, 0.15) is 0 Å². The molecular weight excluding hydrogens is 405 g/mol. The topological polar surface area (TPSA) is 66.5 Å². The third-order valence-electron chi connectivity index (χ3n) is 4.78. The number of hydrogen-bond donors (Lipinski definition) is 1. The van der Waals surface area contributed by atoms with E-state index in [0.29, 0.717) is 12.5 Å². The van der Waals surface area contributed by atoms with Gasteiger partial charge in [-0.15, -0.1) is 0 Å². The molecule has 1 rings (SSSR count). The van der Waals surface area contributed by atoms with E-state index >= 15 is 0 Å². The van der Waals surface area contributed by atoms with Crippen LogP contribution in [-0.2, 0) is 21.0 Å². The smallest absolute Gasteiger partial charge is 0.356 e. The van der Waals surface area contributed by atoms with E-state index in [1.807, 2.05) is 0 Å². The fourth-order valence-corrected chi connectivity index (χ4v) is 3.94. The van der Waals surface area contributed by atoms with Crippen LogP contribution in [0.5, 0.6) is 0 Å². The second-order valence-electron chi connectivity index (χ2n) is 7.20. The van der Waals surface area contributed by atoms with Crippen LogP contribution in [0.2, 0.25) is 0 Å². The molecular formula is C20H31F3N2O3S. The van der Waals surface area contributed by atoms with Crippen molar-refractivity contribution in [3.05, 3.63) is 29.8 Å². The van der Waals surface area contributed by atoms with Crippen LogP contribution < -0.4 is 9.62 Å². The van der Waals surface area contributed by atoms with Crippen LogP contribution in [0.4, 0.5) is 18.9 Å². The van der Waals surface area contributed by atoms with Gasteiger partial charge in [-0.1, -0.05) is 33.1 Å². The Morgan fingerprint density at radius 2 is 1.76 bits per heavy atom. The Morgan fingerprint density at radius 3 is 2.24 bits per heavy atom. The molecule has 0 heterocycles. The van der Waals surface area contributed by atoms with E-state index in [9.17, 15) is 26.4 Å². The monoisotopic (exact) mass is 436 g/mol. The summed E-state index contributed by atoms with van der Waals surface area (Å²) in [5, 5.41) is 2.89. The van der Waals surface area contributed by atoms with Crippen molar-refractivity contribution in [1.29, 1.82) is 0 Å². The van der Waals surface area contributed by atoms with Gasteiger partial charge in [-0.05, 0) is 43.0 Å². The van der Waals surface area contributed by atoms with Crippen LogP contribution >= 0.6 is 0 Å². The van der Waals surface area contributed by atoms with Gasteiger partial charge in [-0.3, -0.25) is 9.10 Å². The van der Waals surface area contributed by atoms with E-state index in [1.165, 1.54) is 0 Å². The van der Waals surface area contributed by atoms with Crippen molar-refractivity contribution in [3.63, 3.8) is 0 Å². The quantitative estimate of drug-likeness (QED) is 0.521. The van der Waals surface area contributed by atoms with Crippen molar-refractivity contribution in [2.45, 2.75) is 58.5 Å². The minimum Gasteiger partial charge on any atom is -0.356 e. The molecule has 0 aliphatic heterocycles. The molecule has 0 aliphatic rings. The van der Waals surface area contributed by atoms with E-state index in [1.54, 1.807) is 0 Å². The second-order valence-corrected chi connectivity index (χ2v) is 9.11. The molecule has 0 radical (unpaired) electrons. The molecule has 0 saturated heterocycles. The predicted octanol–water partition coefficient (Wildman–Crippen LogP) is 4.58. The summed E-state index contributed by atoms with van der Waals surface area (Å²) < 4.78 is 63.2. The van der Waals surface area contributed by atoms with Gasteiger partial charge in [-0.2, -0.15) is 13.2 Å². The molecule has 0 unspecified atom stereocenters. The number of nitrogens with one attached hydrogen (secondary N) is 1. The second kappa shape index (κ2) is 11.4. The molecule has 1 atom stereocenters. The minimum atomic E-state index is -4.49. The molecule has 1 N–H and O–H groups in total. The summed E-state index contributed by atoms with van der Waals surface area (Å²) in [6.07, 6.45) is 1.19. The predicted molar refractivity (Wildman–Crippen MR) is 109 cm³/mol. The Balaban J connectivity index is 2.62. The fraction of sp³-hybridized carbons (Fsp3) is 0.650. The largest absolute Gasteiger partial charge is 0.416 e. The summed E-state index contributed by atoms with van der Waals surface area (Å²) in [6, 6.07) is 3.95. The van der Waals surface area contributed by atoms with Crippen LogP contribution in [0.15, 0.2) is 24.3 Å². The SMILES string of the molecule is CCCC[C@H](CC)CNC(=O)CCCN(c1ccc(C(F)(F)F)cc1)S(C)(=O)=O. The summed E-state index contributed by atoms with van der Waals surface area (Å²) in [6.45, 7) is 4.82. The molecule has 5 nitrogen and oxygen atoms in total. The number of amides is 1. The lowest BCUT2D eigenvalue weighted by Gasteiger charge is -2.23. The molecule has 166 valence electrons. The van der Waals surface area contributed by atoms with Gasteiger partial charge >= 0.3 is 6.18 Å². The number of halogens is 3. The van der Waals surface area contributed by atoms with Gasteiger partial charge in [0.25, 0.3) is 0 Å². The highest BCUT2D eigenvalue weighted by molar-refractivity contribution is 7.92. The van der Waals surface area contributed by atoms with E-state index in [4.69, 9.17) is 0 Å². The van der Waals surface area contributed by atoms with Gasteiger partial charge in [-0.25, -0.2) is 8.42 Å². The number of carbonyl (C=O) groups excluding carboxylic acids is 1. The maximum Gasteiger partial charge on any atom is 0.416 e. The molecule has 0 fully saturated rings. The van der Waals surface area contributed by atoms with Crippen LogP contribution in [0, 0.1) is 5.92 Å². The Kier molecular flexibility index (Phi) is 9.95. The van der Waals surface area contributed by atoms with E-state index in [0.717, 1.165) is 60.5 Å². The van der Waals surface area contributed by atoms with Crippen molar-refractivity contribution in [3.8, 4) is 0 Å². The first-order valence-electron chi connectivity index (χ1n) is 9.90. The van der Waals surface area contributed by atoms with E-state index in [-0.39, 0.29) is 31.0 Å². The lowest BCUT2D eigenvalue weighted by Crippen LogP contribution is -2.33. The summed E-state index contributed by atoms with van der Waals surface area (Å²) in [4.78, 5) is 12.1. The van der Waals surface area contributed by atoms with E-state index < -0.39 is 21.8 Å². The average molecular weight is 437 g/mol. The normalized spacial score (nSPS) is 13.2. The molecule has 9 heteroatoms. The fourth-order valence-electron chi connectivity index (χ4n) is 2.98. The van der Waals surface area contributed by atoms with Gasteiger partial charge in [0.15, 0.2) is 0 Å². The zero-order chi connectivity index (χ0) is 22.1. The standard InChI is InChI=1S/C20H31F3N2O3S/c1-4-6-8-16(5-2)15-24-19(26)9-7-14-25(29(3,27)28)18-12-10-17(11-13-18)20(21,22)23/h10-13,16H,4-9,14-15H2,1-3H3,(H,24,26)/t16-/m0/s1. The number of sulfonamides is 1. The van der Waals surface area contributed by atoms with Crippen LogP contribution in [-0.4, -0.2) is 33.7 Å². The summed E-state index contributed by atoms with van der Waals surface area (Å²) in [7, 11) is -3.68. The van der Waals surface area contributed by atoms with Gasteiger partial charge in [0.2, 0.25) is 15.9 Å². The molecule has 0 aromatic heterocycles. The number of alkyl halides is 3. The number of carbonyl (C=O) groups is 1. The summed E-state index contributed by atoms with van der Waals surface area (Å²) >= 11 is 0. The van der Waals surface area contributed by atoms with Crippen LogP contribution in [0.25, 0.3) is 0 Å². The minimum absolute atomic E-state index is 0.0185. The van der Waals surface area contributed by atoms with Gasteiger partial charge in [0.05, 0.1) is 17.5 Å². The van der Waals surface area contributed by atoms with Crippen molar-refractivity contribution in [1.82, 2.24) is 5.32 Å². The molecule has 0 saturated carbocycles. The first kappa shape index (κ1) is 25.3. The van der Waals surface area contributed by atoms with Crippen molar-refractivity contribution < 1.29 is 26.4 Å². The number of anilines is 1.